The van der Waals surface area contributed by atoms with Crippen molar-refractivity contribution in [2.24, 2.45) is 0 Å². The van der Waals surface area contributed by atoms with Crippen molar-refractivity contribution in [1.29, 1.82) is 0 Å². The van der Waals surface area contributed by atoms with Crippen molar-refractivity contribution in [3.63, 3.8) is 0 Å². The molecule has 0 radical (unpaired) electrons. The number of halogens is 1. The molecule has 3 aromatic rings. The van der Waals surface area contributed by atoms with E-state index in [1.54, 1.807) is 24.3 Å². The molecule has 1 aromatic heterocycles. The normalized spacial score (nSPS) is 13.9. The molecule has 1 aliphatic rings. The van der Waals surface area contributed by atoms with Crippen LogP contribution in [0.4, 0.5) is 5.88 Å². The number of nitrogens with zero attached hydrogens (tertiary/aromatic N) is 3. The molecule has 0 saturated carbocycles. The third-order valence-electron chi connectivity index (χ3n) is 5.33. The molecule has 4 rings (SSSR count). The highest BCUT2D eigenvalue weighted by atomic mass is 35.5. The van der Waals surface area contributed by atoms with Crippen molar-refractivity contribution in [2.75, 3.05) is 37.7 Å². The van der Waals surface area contributed by atoms with Crippen LogP contribution in [0.1, 0.15) is 29.3 Å². The molecule has 6 nitrogen and oxygen atoms in total. The van der Waals surface area contributed by atoms with Gasteiger partial charge in [0, 0.05) is 35.8 Å². The molecule has 0 atom stereocenters. The molecule has 0 N–H and O–H groups in total. The van der Waals surface area contributed by atoms with Gasteiger partial charge in [0.15, 0.2) is 0 Å². The van der Waals surface area contributed by atoms with Crippen molar-refractivity contribution in [3.05, 3.63) is 70.7 Å². The molecular weight excluding hydrogens is 414 g/mol. The standard InChI is InChI=1S/C24H26ClN3O3/c1-2-12-28(23(29)19-8-10-20(25)11-9-19)17-21-22(18-6-4-3-5-7-18)26-31-24(21)27-13-15-30-16-14-27/h3-11H,2,12-17H2,1H3. The van der Waals surface area contributed by atoms with E-state index in [1.165, 1.54) is 0 Å². The average Bonchev–Trinajstić information content (AvgIpc) is 3.23. The third-order valence-corrected chi connectivity index (χ3v) is 5.59. The molecular formula is C24H26ClN3O3. The molecule has 2 aromatic carbocycles. The van der Waals surface area contributed by atoms with E-state index in [9.17, 15) is 4.79 Å². The van der Waals surface area contributed by atoms with E-state index in [0.717, 1.165) is 36.3 Å². The monoisotopic (exact) mass is 439 g/mol. The average molecular weight is 440 g/mol. The molecule has 2 heterocycles. The largest absolute Gasteiger partial charge is 0.378 e. The number of hydrogen-bond donors (Lipinski definition) is 0. The molecule has 1 fully saturated rings. The second kappa shape index (κ2) is 9.98. The first-order valence-electron chi connectivity index (χ1n) is 10.6. The van der Waals surface area contributed by atoms with Crippen molar-refractivity contribution >= 4 is 23.4 Å². The summed E-state index contributed by atoms with van der Waals surface area (Å²) in [7, 11) is 0. The Morgan fingerprint density at radius 1 is 1.10 bits per heavy atom. The number of ether oxygens (including phenoxy) is 1. The zero-order chi connectivity index (χ0) is 21.6. The van der Waals surface area contributed by atoms with E-state index < -0.39 is 0 Å². The maximum absolute atomic E-state index is 13.3. The smallest absolute Gasteiger partial charge is 0.254 e. The third kappa shape index (κ3) is 4.92. The molecule has 31 heavy (non-hydrogen) atoms. The minimum atomic E-state index is -0.0355. The van der Waals surface area contributed by atoms with Gasteiger partial charge in [-0.05, 0) is 30.7 Å². The first-order valence-corrected chi connectivity index (χ1v) is 11.0. The fraction of sp³-hybridized carbons (Fsp3) is 0.333. The molecule has 0 aliphatic carbocycles. The zero-order valence-electron chi connectivity index (χ0n) is 17.6. The first kappa shape index (κ1) is 21.4. The van der Waals surface area contributed by atoms with Crippen LogP contribution in [0.25, 0.3) is 11.3 Å². The summed E-state index contributed by atoms with van der Waals surface area (Å²) in [6.07, 6.45) is 0.845. The van der Waals surface area contributed by atoms with Crippen LogP contribution in [-0.2, 0) is 11.3 Å². The first-order chi connectivity index (χ1) is 15.2. The van der Waals surface area contributed by atoms with Gasteiger partial charge >= 0.3 is 0 Å². The van der Waals surface area contributed by atoms with E-state index in [1.807, 2.05) is 35.2 Å². The Morgan fingerprint density at radius 2 is 1.81 bits per heavy atom. The van der Waals surface area contributed by atoms with Crippen molar-refractivity contribution in [2.45, 2.75) is 19.9 Å². The Bertz CT molecular complexity index is 999. The lowest BCUT2D eigenvalue weighted by atomic mass is 10.1. The SMILES string of the molecule is CCCN(Cc1c(-c2ccccc2)noc1N1CCOCC1)C(=O)c1ccc(Cl)cc1. The molecule has 7 heteroatoms. The van der Waals surface area contributed by atoms with Crippen LogP contribution < -0.4 is 4.90 Å². The second-order valence-electron chi connectivity index (χ2n) is 7.51. The van der Waals surface area contributed by atoms with E-state index in [0.29, 0.717) is 42.8 Å². The van der Waals surface area contributed by atoms with Crippen LogP contribution in [0.3, 0.4) is 0 Å². The van der Waals surface area contributed by atoms with Crippen molar-refractivity contribution < 1.29 is 14.1 Å². The number of morpholine rings is 1. The summed E-state index contributed by atoms with van der Waals surface area (Å²) in [5.41, 5.74) is 3.27. The van der Waals surface area contributed by atoms with Crippen molar-refractivity contribution in [3.8, 4) is 11.3 Å². The quantitative estimate of drug-likeness (QED) is 0.525. The fourth-order valence-corrected chi connectivity index (χ4v) is 3.90. The lowest BCUT2D eigenvalue weighted by Gasteiger charge is -2.28. The Labute approximate surface area is 187 Å². The van der Waals surface area contributed by atoms with Gasteiger partial charge in [-0.15, -0.1) is 0 Å². The van der Waals surface area contributed by atoms with Gasteiger partial charge in [0.1, 0.15) is 5.69 Å². The Morgan fingerprint density at radius 3 is 2.48 bits per heavy atom. The molecule has 0 unspecified atom stereocenters. The van der Waals surface area contributed by atoms with Gasteiger partial charge in [0.05, 0.1) is 25.3 Å². The lowest BCUT2D eigenvalue weighted by molar-refractivity contribution is 0.0743. The van der Waals surface area contributed by atoms with Gasteiger partial charge in [0.25, 0.3) is 5.91 Å². The van der Waals surface area contributed by atoms with Crippen LogP contribution in [-0.4, -0.2) is 48.8 Å². The van der Waals surface area contributed by atoms with E-state index >= 15 is 0 Å². The topological polar surface area (TPSA) is 58.8 Å². The Balaban J connectivity index is 1.70. The highest BCUT2D eigenvalue weighted by Crippen LogP contribution is 2.33. The number of carbonyl (C=O) groups is 1. The number of benzene rings is 2. The van der Waals surface area contributed by atoms with Gasteiger partial charge in [0.2, 0.25) is 5.88 Å². The van der Waals surface area contributed by atoms with Gasteiger partial charge in [-0.1, -0.05) is 54.0 Å². The Kier molecular flexibility index (Phi) is 6.89. The second-order valence-corrected chi connectivity index (χ2v) is 7.95. The van der Waals surface area contributed by atoms with Gasteiger partial charge in [-0.2, -0.15) is 0 Å². The van der Waals surface area contributed by atoms with Crippen LogP contribution in [0.15, 0.2) is 59.1 Å². The number of anilines is 1. The van der Waals surface area contributed by atoms with Crippen molar-refractivity contribution in [1.82, 2.24) is 10.1 Å². The van der Waals surface area contributed by atoms with E-state index in [4.69, 9.17) is 20.9 Å². The maximum atomic E-state index is 13.3. The summed E-state index contributed by atoms with van der Waals surface area (Å²) in [6, 6.07) is 17.0. The minimum Gasteiger partial charge on any atom is -0.378 e. The molecule has 1 saturated heterocycles. The number of hydrogen-bond acceptors (Lipinski definition) is 5. The molecule has 1 aliphatic heterocycles. The Hall–Kier alpha value is -2.83. The zero-order valence-corrected chi connectivity index (χ0v) is 18.3. The minimum absolute atomic E-state index is 0.0355. The molecule has 162 valence electrons. The van der Waals surface area contributed by atoms with Crippen LogP contribution in [0.2, 0.25) is 5.02 Å². The van der Waals surface area contributed by atoms with E-state index in [2.05, 4.69) is 17.0 Å². The summed E-state index contributed by atoms with van der Waals surface area (Å²) < 4.78 is 11.3. The van der Waals surface area contributed by atoms with Gasteiger partial charge < -0.3 is 19.1 Å². The molecule has 1 amide bonds. The summed E-state index contributed by atoms with van der Waals surface area (Å²) >= 11 is 6.01. The predicted molar refractivity (Wildman–Crippen MR) is 121 cm³/mol. The highest BCUT2D eigenvalue weighted by Gasteiger charge is 2.27. The number of carbonyl (C=O) groups excluding carboxylic acids is 1. The molecule has 0 bridgehead atoms. The lowest BCUT2D eigenvalue weighted by Crippen LogP contribution is -2.37. The fourth-order valence-electron chi connectivity index (χ4n) is 3.77. The maximum Gasteiger partial charge on any atom is 0.254 e. The van der Waals surface area contributed by atoms with E-state index in [-0.39, 0.29) is 5.91 Å². The summed E-state index contributed by atoms with van der Waals surface area (Å²) in [4.78, 5) is 17.3. The summed E-state index contributed by atoms with van der Waals surface area (Å²) in [5, 5.41) is 5.02. The molecule has 0 spiro atoms. The summed E-state index contributed by atoms with van der Waals surface area (Å²) in [6.45, 7) is 5.85. The highest BCUT2D eigenvalue weighted by molar-refractivity contribution is 6.30. The van der Waals surface area contributed by atoms with Gasteiger partial charge in [-0.3, -0.25) is 4.79 Å². The summed E-state index contributed by atoms with van der Waals surface area (Å²) in [5.74, 6) is 0.679. The van der Waals surface area contributed by atoms with Crippen LogP contribution in [0.5, 0.6) is 0 Å². The van der Waals surface area contributed by atoms with Crippen LogP contribution in [0, 0.1) is 0 Å². The number of amides is 1. The van der Waals surface area contributed by atoms with Crippen LogP contribution >= 0.6 is 11.6 Å². The predicted octanol–water partition coefficient (Wildman–Crippen LogP) is 4.88. The van der Waals surface area contributed by atoms with Gasteiger partial charge in [-0.25, -0.2) is 0 Å². The number of aromatic nitrogens is 1. The number of rotatable bonds is 7.